The van der Waals surface area contributed by atoms with Crippen LogP contribution in [0, 0.1) is 21.4 Å². The summed E-state index contributed by atoms with van der Waals surface area (Å²) in [5, 5.41) is 20.0. The lowest BCUT2D eigenvalue weighted by Crippen LogP contribution is -1.87. The molecule has 0 radical (unpaired) electrons. The second-order valence-electron chi connectivity index (χ2n) is 4.75. The monoisotopic (exact) mass is 289 g/mol. The molecule has 0 aliphatic heterocycles. The van der Waals surface area contributed by atoms with Gasteiger partial charge in [-0.25, -0.2) is 0 Å². The van der Waals surface area contributed by atoms with Crippen LogP contribution in [0.3, 0.4) is 0 Å². The summed E-state index contributed by atoms with van der Waals surface area (Å²) in [5.74, 6) is 0. The SMILES string of the molecule is N#Cc1[nH]c(-c2ccccc2)cc1-c1ccc([N+](=O)[O-])cc1. The van der Waals surface area contributed by atoms with Crippen molar-refractivity contribution in [1.29, 1.82) is 5.26 Å². The van der Waals surface area contributed by atoms with Crippen molar-refractivity contribution < 1.29 is 4.92 Å². The maximum atomic E-state index is 10.7. The summed E-state index contributed by atoms with van der Waals surface area (Å²) in [4.78, 5) is 13.4. The lowest BCUT2D eigenvalue weighted by Gasteiger charge is -1.98. The molecule has 5 nitrogen and oxygen atoms in total. The maximum Gasteiger partial charge on any atom is 0.269 e. The molecular formula is C17H11N3O2. The predicted octanol–water partition coefficient (Wildman–Crippen LogP) is 4.13. The molecule has 0 atom stereocenters. The number of nitrogens with one attached hydrogen (secondary N) is 1. The average Bonchev–Trinajstić information content (AvgIpc) is 3.00. The number of nitro groups is 1. The third kappa shape index (κ3) is 2.45. The van der Waals surface area contributed by atoms with E-state index in [2.05, 4.69) is 11.1 Å². The van der Waals surface area contributed by atoms with Crippen molar-refractivity contribution >= 4 is 5.69 Å². The van der Waals surface area contributed by atoms with Crippen molar-refractivity contribution in [3.63, 3.8) is 0 Å². The van der Waals surface area contributed by atoms with E-state index in [0.29, 0.717) is 5.69 Å². The molecule has 1 N–H and O–H groups in total. The second kappa shape index (κ2) is 5.54. The van der Waals surface area contributed by atoms with Gasteiger partial charge in [-0.15, -0.1) is 0 Å². The molecule has 3 rings (SSSR count). The first kappa shape index (κ1) is 13.6. The van der Waals surface area contributed by atoms with Gasteiger partial charge < -0.3 is 4.98 Å². The minimum Gasteiger partial charge on any atom is -0.346 e. The summed E-state index contributed by atoms with van der Waals surface area (Å²) in [7, 11) is 0. The normalized spacial score (nSPS) is 10.1. The fourth-order valence-corrected chi connectivity index (χ4v) is 2.31. The van der Waals surface area contributed by atoms with E-state index >= 15 is 0 Å². The number of non-ortho nitro benzene ring substituents is 1. The molecule has 0 spiro atoms. The molecule has 5 heteroatoms. The van der Waals surface area contributed by atoms with Gasteiger partial charge in [0.2, 0.25) is 0 Å². The van der Waals surface area contributed by atoms with E-state index in [1.165, 1.54) is 12.1 Å². The van der Waals surface area contributed by atoms with Gasteiger partial charge in [-0.3, -0.25) is 10.1 Å². The number of H-pyrrole nitrogens is 1. The standard InChI is InChI=1S/C17H11N3O2/c18-11-17-15(12-6-8-14(9-7-12)20(21)22)10-16(19-17)13-4-2-1-3-5-13/h1-10,19H. The van der Waals surface area contributed by atoms with E-state index in [-0.39, 0.29) is 5.69 Å². The molecule has 0 amide bonds. The minimum atomic E-state index is -0.443. The third-order valence-electron chi connectivity index (χ3n) is 3.40. The number of nitrogens with zero attached hydrogens (tertiary/aromatic N) is 2. The van der Waals surface area contributed by atoms with Crippen LogP contribution in [0.2, 0.25) is 0 Å². The smallest absolute Gasteiger partial charge is 0.269 e. The largest absolute Gasteiger partial charge is 0.346 e. The van der Waals surface area contributed by atoms with Crippen LogP contribution in [0.4, 0.5) is 5.69 Å². The van der Waals surface area contributed by atoms with Crippen LogP contribution in [0.25, 0.3) is 22.4 Å². The fourth-order valence-electron chi connectivity index (χ4n) is 2.31. The van der Waals surface area contributed by atoms with E-state index < -0.39 is 4.92 Å². The van der Waals surface area contributed by atoms with Crippen LogP contribution < -0.4 is 0 Å². The average molecular weight is 289 g/mol. The summed E-state index contributed by atoms with van der Waals surface area (Å²) >= 11 is 0. The van der Waals surface area contributed by atoms with Crippen molar-refractivity contribution in [2.75, 3.05) is 0 Å². The Morgan fingerprint density at radius 1 is 1.00 bits per heavy atom. The molecule has 2 aromatic carbocycles. The highest BCUT2D eigenvalue weighted by atomic mass is 16.6. The first-order chi connectivity index (χ1) is 10.7. The van der Waals surface area contributed by atoms with Gasteiger partial charge in [0, 0.05) is 23.4 Å². The molecule has 22 heavy (non-hydrogen) atoms. The van der Waals surface area contributed by atoms with Gasteiger partial charge in [-0.1, -0.05) is 30.3 Å². The summed E-state index contributed by atoms with van der Waals surface area (Å²) in [6.07, 6.45) is 0. The van der Waals surface area contributed by atoms with Crippen LogP contribution in [0.15, 0.2) is 60.7 Å². The quantitative estimate of drug-likeness (QED) is 0.581. The fraction of sp³-hybridized carbons (Fsp3) is 0. The van der Waals surface area contributed by atoms with Crippen LogP contribution in [-0.4, -0.2) is 9.91 Å². The van der Waals surface area contributed by atoms with Gasteiger partial charge in [-0.05, 0) is 29.3 Å². The molecule has 0 bridgehead atoms. The van der Waals surface area contributed by atoms with Gasteiger partial charge in [-0.2, -0.15) is 5.26 Å². The van der Waals surface area contributed by atoms with E-state index in [1.807, 2.05) is 36.4 Å². The van der Waals surface area contributed by atoms with Gasteiger partial charge in [0.15, 0.2) is 0 Å². The number of rotatable bonds is 3. The Morgan fingerprint density at radius 3 is 2.27 bits per heavy atom. The van der Waals surface area contributed by atoms with E-state index in [1.54, 1.807) is 12.1 Å². The number of aromatic nitrogens is 1. The Morgan fingerprint density at radius 2 is 1.68 bits per heavy atom. The zero-order valence-corrected chi connectivity index (χ0v) is 11.5. The van der Waals surface area contributed by atoms with Crippen molar-refractivity contribution in [1.82, 2.24) is 4.98 Å². The van der Waals surface area contributed by atoms with Gasteiger partial charge in [0.25, 0.3) is 5.69 Å². The number of aromatic amines is 1. The molecule has 0 saturated heterocycles. The molecule has 0 aliphatic rings. The molecule has 1 aromatic heterocycles. The van der Waals surface area contributed by atoms with E-state index in [9.17, 15) is 15.4 Å². The molecule has 0 saturated carbocycles. The lowest BCUT2D eigenvalue weighted by molar-refractivity contribution is -0.384. The van der Waals surface area contributed by atoms with E-state index in [4.69, 9.17) is 0 Å². The summed E-state index contributed by atoms with van der Waals surface area (Å²) < 4.78 is 0. The predicted molar refractivity (Wildman–Crippen MR) is 83.0 cm³/mol. The number of nitriles is 1. The zero-order valence-electron chi connectivity index (χ0n) is 11.5. The Balaban J connectivity index is 2.06. The van der Waals surface area contributed by atoms with Crippen LogP contribution in [0.1, 0.15) is 5.69 Å². The Labute approximate surface area is 126 Å². The van der Waals surface area contributed by atoms with Gasteiger partial charge in [0.05, 0.1) is 4.92 Å². The molecule has 106 valence electrons. The Bertz CT molecular complexity index is 859. The third-order valence-corrected chi connectivity index (χ3v) is 3.40. The highest BCUT2D eigenvalue weighted by Crippen LogP contribution is 2.30. The Kier molecular flexibility index (Phi) is 3.42. The van der Waals surface area contributed by atoms with Crippen molar-refractivity contribution in [2.45, 2.75) is 0 Å². The number of hydrogen-bond donors (Lipinski definition) is 1. The van der Waals surface area contributed by atoms with Crippen LogP contribution in [0.5, 0.6) is 0 Å². The van der Waals surface area contributed by atoms with Crippen molar-refractivity contribution in [2.24, 2.45) is 0 Å². The highest BCUT2D eigenvalue weighted by molar-refractivity contribution is 5.76. The summed E-state index contributed by atoms with van der Waals surface area (Å²) in [5.41, 5.74) is 3.78. The van der Waals surface area contributed by atoms with Crippen LogP contribution >= 0.6 is 0 Å². The molecule has 0 fully saturated rings. The van der Waals surface area contributed by atoms with Crippen molar-refractivity contribution in [3.05, 3.63) is 76.5 Å². The highest BCUT2D eigenvalue weighted by Gasteiger charge is 2.12. The number of hydrogen-bond acceptors (Lipinski definition) is 3. The second-order valence-corrected chi connectivity index (χ2v) is 4.75. The van der Waals surface area contributed by atoms with Crippen molar-refractivity contribution in [3.8, 4) is 28.5 Å². The maximum absolute atomic E-state index is 10.7. The summed E-state index contributed by atoms with van der Waals surface area (Å²) in [6.45, 7) is 0. The number of benzene rings is 2. The molecule has 1 heterocycles. The molecule has 3 aromatic rings. The number of nitro benzene ring substituents is 1. The van der Waals surface area contributed by atoms with Gasteiger partial charge >= 0.3 is 0 Å². The first-order valence-corrected chi connectivity index (χ1v) is 6.62. The first-order valence-electron chi connectivity index (χ1n) is 6.62. The van der Waals surface area contributed by atoms with E-state index in [0.717, 1.165) is 22.4 Å². The van der Waals surface area contributed by atoms with Crippen LogP contribution in [-0.2, 0) is 0 Å². The Hall–Kier alpha value is -3.39. The van der Waals surface area contributed by atoms with Gasteiger partial charge in [0.1, 0.15) is 11.8 Å². The molecular weight excluding hydrogens is 278 g/mol. The lowest BCUT2D eigenvalue weighted by atomic mass is 10.0. The summed E-state index contributed by atoms with van der Waals surface area (Å²) in [6, 6.07) is 19.9. The topological polar surface area (TPSA) is 82.7 Å². The minimum absolute atomic E-state index is 0.0288. The zero-order chi connectivity index (χ0) is 15.5. The molecule has 0 aliphatic carbocycles. The molecule has 0 unspecified atom stereocenters.